The van der Waals surface area contributed by atoms with Crippen LogP contribution in [-0.4, -0.2) is 11.1 Å². The number of carbonyl (C=O) groups is 1. The van der Waals surface area contributed by atoms with Crippen LogP contribution in [0.15, 0.2) is 36.4 Å². The standard InChI is InChI=1S/C15H18O2/c1-10-11(2)14(15(16)17)9-8-13(10)12-6-4-3-5-7-12/h3-8,10-11,14H,9H2,1-2H3,(H,16,17)/t10-,11+,14-/m0/s1. The van der Waals surface area contributed by atoms with Crippen molar-refractivity contribution in [2.75, 3.05) is 0 Å². The van der Waals surface area contributed by atoms with Gasteiger partial charge in [-0.05, 0) is 29.4 Å². The van der Waals surface area contributed by atoms with E-state index in [0.29, 0.717) is 12.3 Å². The molecule has 3 atom stereocenters. The summed E-state index contributed by atoms with van der Waals surface area (Å²) >= 11 is 0. The van der Waals surface area contributed by atoms with Crippen LogP contribution in [0.25, 0.3) is 5.57 Å². The zero-order valence-electron chi connectivity index (χ0n) is 10.3. The topological polar surface area (TPSA) is 37.3 Å². The second-order valence-corrected chi connectivity index (χ2v) is 4.85. The Hall–Kier alpha value is -1.57. The monoisotopic (exact) mass is 230 g/mol. The Labute approximate surface area is 102 Å². The lowest BCUT2D eigenvalue weighted by atomic mass is 9.72. The van der Waals surface area contributed by atoms with Gasteiger partial charge in [0.05, 0.1) is 5.92 Å². The smallest absolute Gasteiger partial charge is 0.307 e. The van der Waals surface area contributed by atoms with Gasteiger partial charge in [-0.15, -0.1) is 0 Å². The molecular formula is C15H18O2. The Balaban J connectivity index is 2.30. The first-order chi connectivity index (χ1) is 8.11. The number of carboxylic acids is 1. The van der Waals surface area contributed by atoms with E-state index in [1.165, 1.54) is 11.1 Å². The van der Waals surface area contributed by atoms with E-state index in [1.807, 2.05) is 25.1 Å². The van der Waals surface area contributed by atoms with Crippen LogP contribution in [0.2, 0.25) is 0 Å². The highest BCUT2D eigenvalue weighted by Gasteiger charge is 2.33. The maximum Gasteiger partial charge on any atom is 0.307 e. The predicted molar refractivity (Wildman–Crippen MR) is 68.5 cm³/mol. The average Bonchev–Trinajstić information content (AvgIpc) is 2.33. The highest BCUT2D eigenvalue weighted by molar-refractivity contribution is 5.75. The first kappa shape index (κ1) is 11.9. The van der Waals surface area contributed by atoms with Crippen molar-refractivity contribution in [3.63, 3.8) is 0 Å². The van der Waals surface area contributed by atoms with Crippen LogP contribution in [0.5, 0.6) is 0 Å². The summed E-state index contributed by atoms with van der Waals surface area (Å²) < 4.78 is 0. The fourth-order valence-electron chi connectivity index (χ4n) is 2.62. The van der Waals surface area contributed by atoms with E-state index in [4.69, 9.17) is 5.11 Å². The van der Waals surface area contributed by atoms with Gasteiger partial charge in [-0.1, -0.05) is 50.3 Å². The Kier molecular flexibility index (Phi) is 3.32. The normalized spacial score (nSPS) is 28.6. The van der Waals surface area contributed by atoms with Crippen LogP contribution >= 0.6 is 0 Å². The van der Waals surface area contributed by atoms with Gasteiger partial charge in [0.25, 0.3) is 0 Å². The maximum atomic E-state index is 11.1. The highest BCUT2D eigenvalue weighted by atomic mass is 16.4. The fourth-order valence-corrected chi connectivity index (χ4v) is 2.62. The number of hydrogen-bond donors (Lipinski definition) is 1. The molecule has 0 amide bonds. The largest absolute Gasteiger partial charge is 0.481 e. The molecule has 0 bridgehead atoms. The van der Waals surface area contributed by atoms with Crippen molar-refractivity contribution in [2.24, 2.45) is 17.8 Å². The minimum absolute atomic E-state index is 0.188. The summed E-state index contributed by atoms with van der Waals surface area (Å²) in [4.78, 5) is 11.1. The number of carboxylic acid groups (broad SMARTS) is 1. The Bertz CT molecular complexity index is 433. The summed E-state index contributed by atoms with van der Waals surface area (Å²) in [7, 11) is 0. The van der Waals surface area contributed by atoms with Gasteiger partial charge in [0, 0.05) is 0 Å². The third-order valence-electron chi connectivity index (χ3n) is 3.93. The average molecular weight is 230 g/mol. The molecule has 0 unspecified atom stereocenters. The SMILES string of the molecule is C[C@@H]1[C@H](C)C(c2ccccc2)=CC[C@@H]1C(=O)O. The van der Waals surface area contributed by atoms with Crippen LogP contribution in [0.4, 0.5) is 0 Å². The van der Waals surface area contributed by atoms with Crippen molar-refractivity contribution in [3.05, 3.63) is 42.0 Å². The van der Waals surface area contributed by atoms with E-state index in [0.717, 1.165) is 0 Å². The molecule has 2 heteroatoms. The second-order valence-electron chi connectivity index (χ2n) is 4.85. The van der Waals surface area contributed by atoms with E-state index in [2.05, 4.69) is 25.1 Å². The number of hydrogen-bond acceptors (Lipinski definition) is 1. The quantitative estimate of drug-likeness (QED) is 0.845. The summed E-state index contributed by atoms with van der Waals surface area (Å²) in [6, 6.07) is 10.2. The van der Waals surface area contributed by atoms with E-state index in [-0.39, 0.29) is 11.8 Å². The lowest BCUT2D eigenvalue weighted by Gasteiger charge is -2.32. The van der Waals surface area contributed by atoms with Crippen molar-refractivity contribution in [3.8, 4) is 0 Å². The fraction of sp³-hybridized carbons (Fsp3) is 0.400. The maximum absolute atomic E-state index is 11.1. The minimum atomic E-state index is -0.673. The summed E-state index contributed by atoms with van der Waals surface area (Å²) in [6.45, 7) is 4.16. The molecule has 0 saturated carbocycles. The Morgan fingerprint density at radius 2 is 1.88 bits per heavy atom. The number of allylic oxidation sites excluding steroid dienone is 2. The summed E-state index contributed by atoms with van der Waals surface area (Å²) in [5.41, 5.74) is 2.51. The molecular weight excluding hydrogens is 212 g/mol. The number of aliphatic carboxylic acids is 1. The molecule has 2 nitrogen and oxygen atoms in total. The summed E-state index contributed by atoms with van der Waals surface area (Å²) in [5, 5.41) is 9.15. The molecule has 0 aliphatic heterocycles. The van der Waals surface area contributed by atoms with Gasteiger partial charge in [-0.2, -0.15) is 0 Å². The minimum Gasteiger partial charge on any atom is -0.481 e. The zero-order valence-corrected chi connectivity index (χ0v) is 10.3. The molecule has 0 radical (unpaired) electrons. The van der Waals surface area contributed by atoms with Crippen molar-refractivity contribution in [1.82, 2.24) is 0 Å². The summed E-state index contributed by atoms with van der Waals surface area (Å²) in [6.07, 6.45) is 2.74. The van der Waals surface area contributed by atoms with Crippen LogP contribution in [0, 0.1) is 17.8 Å². The van der Waals surface area contributed by atoms with Gasteiger partial charge in [0.15, 0.2) is 0 Å². The molecule has 0 saturated heterocycles. The van der Waals surface area contributed by atoms with Gasteiger partial charge in [-0.25, -0.2) is 0 Å². The predicted octanol–water partition coefficient (Wildman–Crippen LogP) is 3.45. The van der Waals surface area contributed by atoms with Gasteiger partial charge in [0.1, 0.15) is 0 Å². The Morgan fingerprint density at radius 1 is 1.24 bits per heavy atom. The molecule has 90 valence electrons. The molecule has 1 aliphatic carbocycles. The van der Waals surface area contributed by atoms with Crippen molar-refractivity contribution in [1.29, 1.82) is 0 Å². The molecule has 1 aromatic carbocycles. The van der Waals surface area contributed by atoms with Crippen molar-refractivity contribution in [2.45, 2.75) is 20.3 Å². The van der Waals surface area contributed by atoms with E-state index < -0.39 is 5.97 Å². The molecule has 1 aliphatic rings. The van der Waals surface area contributed by atoms with Gasteiger partial charge < -0.3 is 5.11 Å². The van der Waals surface area contributed by atoms with E-state index in [1.54, 1.807) is 0 Å². The molecule has 1 N–H and O–H groups in total. The highest BCUT2D eigenvalue weighted by Crippen LogP contribution is 2.39. The number of benzene rings is 1. The summed E-state index contributed by atoms with van der Waals surface area (Å²) in [5.74, 6) is -0.426. The van der Waals surface area contributed by atoms with E-state index >= 15 is 0 Å². The first-order valence-electron chi connectivity index (χ1n) is 6.09. The van der Waals surface area contributed by atoms with Crippen LogP contribution in [0.3, 0.4) is 0 Å². The zero-order chi connectivity index (χ0) is 12.4. The van der Waals surface area contributed by atoms with Crippen LogP contribution in [0.1, 0.15) is 25.8 Å². The molecule has 0 aromatic heterocycles. The molecule has 17 heavy (non-hydrogen) atoms. The van der Waals surface area contributed by atoms with Gasteiger partial charge in [0.2, 0.25) is 0 Å². The van der Waals surface area contributed by atoms with E-state index in [9.17, 15) is 4.79 Å². The van der Waals surface area contributed by atoms with Crippen LogP contribution in [-0.2, 0) is 4.79 Å². The molecule has 1 aromatic rings. The first-order valence-corrected chi connectivity index (χ1v) is 6.09. The third-order valence-corrected chi connectivity index (χ3v) is 3.93. The van der Waals surface area contributed by atoms with Crippen LogP contribution < -0.4 is 0 Å². The third kappa shape index (κ3) is 2.26. The molecule has 0 heterocycles. The van der Waals surface area contributed by atoms with Crippen molar-refractivity contribution < 1.29 is 9.90 Å². The second kappa shape index (κ2) is 4.74. The number of rotatable bonds is 2. The Morgan fingerprint density at radius 3 is 2.47 bits per heavy atom. The molecule has 0 fully saturated rings. The lowest BCUT2D eigenvalue weighted by molar-refractivity contribution is -0.143. The van der Waals surface area contributed by atoms with Crippen molar-refractivity contribution >= 4 is 11.5 Å². The van der Waals surface area contributed by atoms with Gasteiger partial charge in [-0.3, -0.25) is 4.79 Å². The molecule has 2 rings (SSSR count). The molecule has 0 spiro atoms. The lowest BCUT2D eigenvalue weighted by Crippen LogP contribution is -2.29. The van der Waals surface area contributed by atoms with Gasteiger partial charge >= 0.3 is 5.97 Å².